The summed E-state index contributed by atoms with van der Waals surface area (Å²) in [6.45, 7) is 2.13. The standard InChI is InChI=1S/C10H14N6S/c1-2-5-17-10-12-8(11)7-9(13-10)16(15-14-7)6-3-4-6/h6H,2-5H2,1H3,(H2,11,12,13). The van der Waals surface area contributed by atoms with Crippen LogP contribution in [0.15, 0.2) is 5.16 Å². The van der Waals surface area contributed by atoms with Crippen LogP contribution in [-0.2, 0) is 0 Å². The third-order valence-electron chi connectivity index (χ3n) is 2.66. The van der Waals surface area contributed by atoms with E-state index in [-0.39, 0.29) is 0 Å². The molecule has 17 heavy (non-hydrogen) atoms. The second-order valence-electron chi connectivity index (χ2n) is 4.18. The van der Waals surface area contributed by atoms with Gasteiger partial charge in [0.2, 0.25) is 0 Å². The Morgan fingerprint density at radius 2 is 2.24 bits per heavy atom. The fourth-order valence-corrected chi connectivity index (χ4v) is 2.35. The van der Waals surface area contributed by atoms with E-state index < -0.39 is 0 Å². The summed E-state index contributed by atoms with van der Waals surface area (Å²) in [5.41, 5.74) is 7.28. The van der Waals surface area contributed by atoms with E-state index in [1.54, 1.807) is 11.8 Å². The maximum Gasteiger partial charge on any atom is 0.191 e. The number of rotatable bonds is 4. The first-order chi connectivity index (χ1) is 8.29. The summed E-state index contributed by atoms with van der Waals surface area (Å²) in [4.78, 5) is 8.75. The summed E-state index contributed by atoms with van der Waals surface area (Å²) >= 11 is 1.62. The molecule has 0 amide bonds. The lowest BCUT2D eigenvalue weighted by molar-refractivity contribution is 0.623. The van der Waals surface area contributed by atoms with Crippen molar-refractivity contribution in [2.75, 3.05) is 11.5 Å². The summed E-state index contributed by atoms with van der Waals surface area (Å²) in [5.74, 6) is 1.43. The van der Waals surface area contributed by atoms with Gasteiger partial charge in [0.05, 0.1) is 6.04 Å². The Kier molecular flexibility index (Phi) is 2.62. The number of aromatic nitrogens is 5. The molecule has 0 bridgehead atoms. The van der Waals surface area contributed by atoms with Crippen LogP contribution < -0.4 is 5.73 Å². The number of hydrogen-bond donors (Lipinski definition) is 1. The monoisotopic (exact) mass is 250 g/mol. The lowest BCUT2D eigenvalue weighted by Crippen LogP contribution is -2.01. The van der Waals surface area contributed by atoms with E-state index in [0.29, 0.717) is 17.4 Å². The van der Waals surface area contributed by atoms with Gasteiger partial charge >= 0.3 is 0 Å². The molecular weight excluding hydrogens is 236 g/mol. The Morgan fingerprint density at radius 1 is 1.41 bits per heavy atom. The smallest absolute Gasteiger partial charge is 0.191 e. The first-order valence-electron chi connectivity index (χ1n) is 5.80. The Morgan fingerprint density at radius 3 is 2.94 bits per heavy atom. The molecule has 0 aliphatic heterocycles. The molecule has 6 nitrogen and oxygen atoms in total. The zero-order chi connectivity index (χ0) is 11.8. The number of thioether (sulfide) groups is 1. The second-order valence-corrected chi connectivity index (χ2v) is 5.24. The van der Waals surface area contributed by atoms with Crippen molar-refractivity contribution in [2.45, 2.75) is 37.4 Å². The molecule has 1 aliphatic carbocycles. The maximum absolute atomic E-state index is 5.88. The molecule has 1 saturated carbocycles. The average molecular weight is 250 g/mol. The van der Waals surface area contributed by atoms with Gasteiger partial charge in [-0.05, 0) is 19.3 Å². The van der Waals surface area contributed by atoms with Crippen LogP contribution in [0, 0.1) is 0 Å². The van der Waals surface area contributed by atoms with E-state index in [0.717, 1.165) is 35.8 Å². The highest BCUT2D eigenvalue weighted by Gasteiger charge is 2.28. The van der Waals surface area contributed by atoms with Crippen LogP contribution in [-0.4, -0.2) is 30.7 Å². The van der Waals surface area contributed by atoms with Gasteiger partial charge in [-0.1, -0.05) is 23.9 Å². The van der Waals surface area contributed by atoms with Crippen molar-refractivity contribution < 1.29 is 0 Å². The molecule has 0 atom stereocenters. The molecule has 0 aromatic carbocycles. The third kappa shape index (κ3) is 1.95. The fraction of sp³-hybridized carbons (Fsp3) is 0.600. The highest BCUT2D eigenvalue weighted by Crippen LogP contribution is 2.36. The van der Waals surface area contributed by atoms with Gasteiger partial charge in [-0.25, -0.2) is 14.6 Å². The first-order valence-corrected chi connectivity index (χ1v) is 6.79. The topological polar surface area (TPSA) is 82.5 Å². The molecule has 2 N–H and O–H groups in total. The van der Waals surface area contributed by atoms with E-state index in [1.807, 2.05) is 4.68 Å². The van der Waals surface area contributed by atoms with E-state index in [1.165, 1.54) is 0 Å². The number of fused-ring (bicyclic) bond motifs is 1. The summed E-state index contributed by atoms with van der Waals surface area (Å²) in [5, 5.41) is 8.89. The highest BCUT2D eigenvalue weighted by atomic mass is 32.2. The van der Waals surface area contributed by atoms with Gasteiger partial charge in [0.1, 0.15) is 0 Å². The van der Waals surface area contributed by atoms with Crippen molar-refractivity contribution in [1.29, 1.82) is 0 Å². The number of nitrogen functional groups attached to an aromatic ring is 1. The summed E-state index contributed by atoms with van der Waals surface area (Å²) in [6, 6.07) is 0.457. The zero-order valence-corrected chi connectivity index (χ0v) is 10.4. The van der Waals surface area contributed by atoms with Crippen molar-refractivity contribution in [2.24, 2.45) is 0 Å². The molecule has 0 saturated heterocycles. The van der Waals surface area contributed by atoms with Crippen molar-refractivity contribution in [3.05, 3.63) is 0 Å². The van der Waals surface area contributed by atoms with Crippen LogP contribution in [0.2, 0.25) is 0 Å². The van der Waals surface area contributed by atoms with Crippen LogP contribution in [0.1, 0.15) is 32.2 Å². The minimum Gasteiger partial charge on any atom is -0.382 e. The third-order valence-corrected chi connectivity index (χ3v) is 3.71. The number of anilines is 1. The van der Waals surface area contributed by atoms with Gasteiger partial charge in [0, 0.05) is 5.75 Å². The van der Waals surface area contributed by atoms with Crippen molar-refractivity contribution in [1.82, 2.24) is 25.0 Å². The Labute approximate surface area is 103 Å². The number of nitrogens with zero attached hydrogens (tertiary/aromatic N) is 5. The molecule has 1 aliphatic rings. The summed E-state index contributed by atoms with van der Waals surface area (Å²) in [7, 11) is 0. The van der Waals surface area contributed by atoms with Gasteiger partial charge in [-0.3, -0.25) is 0 Å². The molecule has 90 valence electrons. The second kappa shape index (κ2) is 4.14. The maximum atomic E-state index is 5.88. The van der Waals surface area contributed by atoms with Gasteiger partial charge in [-0.2, -0.15) is 0 Å². The molecule has 2 aromatic rings. The minimum atomic E-state index is 0.431. The van der Waals surface area contributed by atoms with Crippen LogP contribution in [0.4, 0.5) is 5.82 Å². The fourth-order valence-electron chi connectivity index (χ4n) is 1.65. The molecule has 0 radical (unpaired) electrons. The van der Waals surface area contributed by atoms with Crippen molar-refractivity contribution in [3.63, 3.8) is 0 Å². The van der Waals surface area contributed by atoms with Crippen LogP contribution in [0.25, 0.3) is 11.2 Å². The van der Waals surface area contributed by atoms with Gasteiger partial charge < -0.3 is 5.73 Å². The quantitative estimate of drug-likeness (QED) is 0.656. The van der Waals surface area contributed by atoms with E-state index in [4.69, 9.17) is 5.73 Å². The predicted octanol–water partition coefficient (Wildman–Crippen LogP) is 1.64. The number of hydrogen-bond acceptors (Lipinski definition) is 6. The van der Waals surface area contributed by atoms with Crippen LogP contribution in [0.3, 0.4) is 0 Å². The predicted molar refractivity (Wildman–Crippen MR) is 66.8 cm³/mol. The molecule has 0 spiro atoms. The molecule has 3 rings (SSSR count). The SMILES string of the molecule is CCCSc1nc(N)c2nnn(C3CC3)c2n1. The molecule has 7 heteroatoms. The van der Waals surface area contributed by atoms with Crippen molar-refractivity contribution in [3.8, 4) is 0 Å². The van der Waals surface area contributed by atoms with Crippen LogP contribution in [0.5, 0.6) is 0 Å². The Hall–Kier alpha value is -1.37. The van der Waals surface area contributed by atoms with Gasteiger partial charge in [-0.15, -0.1) is 5.10 Å². The Balaban J connectivity index is 2.05. The van der Waals surface area contributed by atoms with Gasteiger partial charge in [0.15, 0.2) is 22.1 Å². The molecular formula is C10H14N6S. The molecule has 2 heterocycles. The molecule has 0 unspecified atom stereocenters. The molecule has 2 aromatic heterocycles. The van der Waals surface area contributed by atoms with Crippen molar-refractivity contribution >= 4 is 28.7 Å². The zero-order valence-electron chi connectivity index (χ0n) is 9.63. The van der Waals surface area contributed by atoms with E-state index in [2.05, 4.69) is 27.2 Å². The van der Waals surface area contributed by atoms with Crippen LogP contribution >= 0.6 is 11.8 Å². The Bertz CT molecular complexity index is 547. The lowest BCUT2D eigenvalue weighted by Gasteiger charge is -2.02. The number of nitrogens with two attached hydrogens (primary N) is 1. The average Bonchev–Trinajstić information content (AvgIpc) is 3.07. The highest BCUT2D eigenvalue weighted by molar-refractivity contribution is 7.99. The summed E-state index contributed by atoms with van der Waals surface area (Å²) < 4.78 is 1.88. The lowest BCUT2D eigenvalue weighted by atomic mass is 10.5. The van der Waals surface area contributed by atoms with E-state index in [9.17, 15) is 0 Å². The minimum absolute atomic E-state index is 0.431. The normalized spacial score (nSPS) is 15.6. The largest absolute Gasteiger partial charge is 0.382 e. The first kappa shape index (κ1) is 10.8. The molecule has 1 fully saturated rings. The summed E-state index contributed by atoms with van der Waals surface area (Å²) in [6.07, 6.45) is 3.39. The van der Waals surface area contributed by atoms with E-state index >= 15 is 0 Å². The van der Waals surface area contributed by atoms with Gasteiger partial charge in [0.25, 0.3) is 0 Å².